The summed E-state index contributed by atoms with van der Waals surface area (Å²) < 4.78 is 16.6. The molecule has 0 saturated carbocycles. The Morgan fingerprint density at radius 3 is 3.08 bits per heavy atom. The summed E-state index contributed by atoms with van der Waals surface area (Å²) in [5, 5.41) is 0. The molecule has 0 N–H and O–H groups in total. The van der Waals surface area contributed by atoms with E-state index < -0.39 is 6.29 Å². The molecule has 0 fully saturated rings. The maximum atomic E-state index is 11.5. The number of rotatable bonds is 6. The zero-order valence-corrected chi connectivity index (χ0v) is 14.4. The van der Waals surface area contributed by atoms with Crippen LogP contribution in [0.2, 0.25) is 0 Å². The second-order valence-corrected chi connectivity index (χ2v) is 5.73. The van der Waals surface area contributed by atoms with Crippen molar-refractivity contribution in [2.75, 3.05) is 6.61 Å². The van der Waals surface area contributed by atoms with Crippen LogP contribution in [0.1, 0.15) is 41.2 Å². The first-order valence-corrected chi connectivity index (χ1v) is 8.29. The van der Waals surface area contributed by atoms with Gasteiger partial charge in [-0.05, 0) is 42.7 Å². The van der Waals surface area contributed by atoms with Gasteiger partial charge in [-0.15, -0.1) is 0 Å². The molecule has 0 saturated heterocycles. The summed E-state index contributed by atoms with van der Waals surface area (Å²) in [4.78, 5) is 15.9. The lowest BCUT2D eigenvalue weighted by Crippen LogP contribution is -2.06. The average molecular weight is 339 g/mol. The molecule has 5 heteroatoms. The van der Waals surface area contributed by atoms with Crippen molar-refractivity contribution in [2.24, 2.45) is 0 Å². The van der Waals surface area contributed by atoms with Crippen LogP contribution >= 0.6 is 0 Å². The minimum Gasteiger partial charge on any atom is -0.463 e. The Morgan fingerprint density at radius 2 is 2.24 bits per heavy atom. The molecule has 0 aliphatic carbocycles. The number of nitrogens with zero attached hydrogens (tertiary/aromatic N) is 1. The lowest BCUT2D eigenvalue weighted by atomic mass is 10.0. The van der Waals surface area contributed by atoms with Crippen molar-refractivity contribution < 1.29 is 19.0 Å². The van der Waals surface area contributed by atoms with Crippen molar-refractivity contribution in [3.8, 4) is 0 Å². The second-order valence-electron chi connectivity index (χ2n) is 5.73. The predicted octanol–water partition coefficient (Wildman–Crippen LogP) is 3.71. The number of aryl methyl sites for hydroxylation is 1. The van der Waals surface area contributed by atoms with E-state index >= 15 is 0 Å². The third-order valence-electron chi connectivity index (χ3n) is 4.05. The Labute approximate surface area is 147 Å². The third-order valence-corrected chi connectivity index (χ3v) is 4.05. The normalized spacial score (nSPS) is 16.2. The molecule has 1 atom stereocenters. The monoisotopic (exact) mass is 339 g/mol. The lowest BCUT2D eigenvalue weighted by Gasteiger charge is -2.15. The number of ether oxygens (including phenoxy) is 3. The molecular weight excluding hydrogens is 318 g/mol. The van der Waals surface area contributed by atoms with Gasteiger partial charge in [0.05, 0.1) is 19.8 Å². The van der Waals surface area contributed by atoms with Crippen LogP contribution in [0.4, 0.5) is 0 Å². The smallest absolute Gasteiger partial charge is 0.330 e. The minimum atomic E-state index is -0.460. The van der Waals surface area contributed by atoms with Crippen molar-refractivity contribution in [3.63, 3.8) is 0 Å². The second kappa shape index (κ2) is 8.05. The zero-order chi connectivity index (χ0) is 17.6. The molecule has 5 nitrogen and oxygen atoms in total. The average Bonchev–Trinajstić information content (AvgIpc) is 3.03. The molecule has 130 valence electrons. The third kappa shape index (κ3) is 4.13. The van der Waals surface area contributed by atoms with Gasteiger partial charge in [0.1, 0.15) is 5.69 Å². The van der Waals surface area contributed by atoms with Gasteiger partial charge < -0.3 is 14.2 Å². The number of carbonyl (C=O) groups excluding carboxylic acids is 1. The number of aromatic nitrogens is 1. The molecule has 0 radical (unpaired) electrons. The highest BCUT2D eigenvalue weighted by Gasteiger charge is 2.25. The summed E-state index contributed by atoms with van der Waals surface area (Å²) in [6.45, 7) is 5.04. The number of pyridine rings is 1. The molecule has 1 aliphatic rings. The van der Waals surface area contributed by atoms with Crippen molar-refractivity contribution >= 4 is 12.0 Å². The van der Waals surface area contributed by atoms with E-state index in [0.717, 1.165) is 27.9 Å². The van der Waals surface area contributed by atoms with Gasteiger partial charge in [-0.2, -0.15) is 0 Å². The van der Waals surface area contributed by atoms with E-state index in [0.29, 0.717) is 19.8 Å². The highest BCUT2D eigenvalue weighted by Crippen LogP contribution is 2.31. The van der Waals surface area contributed by atoms with Crippen LogP contribution in [-0.4, -0.2) is 17.6 Å². The Bertz CT molecular complexity index is 785. The molecule has 0 spiro atoms. The summed E-state index contributed by atoms with van der Waals surface area (Å²) in [6.07, 6.45) is 4.47. The molecule has 2 heterocycles. The quantitative estimate of drug-likeness (QED) is 0.593. The molecule has 0 bridgehead atoms. The summed E-state index contributed by atoms with van der Waals surface area (Å²) in [5.74, 6) is -0.354. The van der Waals surface area contributed by atoms with E-state index in [1.54, 1.807) is 19.2 Å². The van der Waals surface area contributed by atoms with Gasteiger partial charge in [-0.25, -0.2) is 4.79 Å². The van der Waals surface area contributed by atoms with Gasteiger partial charge in [-0.1, -0.05) is 24.3 Å². The fraction of sp³-hybridized carbons (Fsp3) is 0.300. The number of hydrogen-bond donors (Lipinski definition) is 0. The number of carbonyl (C=O) groups is 1. The molecule has 2 aromatic rings. The first-order chi connectivity index (χ1) is 12.2. The summed E-state index contributed by atoms with van der Waals surface area (Å²) >= 11 is 0. The molecule has 1 aliphatic heterocycles. The molecule has 1 aromatic heterocycles. The van der Waals surface area contributed by atoms with Crippen molar-refractivity contribution in [1.82, 2.24) is 4.98 Å². The van der Waals surface area contributed by atoms with Crippen LogP contribution < -0.4 is 0 Å². The topological polar surface area (TPSA) is 57.7 Å². The maximum Gasteiger partial charge on any atom is 0.330 e. The maximum absolute atomic E-state index is 11.5. The summed E-state index contributed by atoms with van der Waals surface area (Å²) in [6, 6.07) is 9.80. The standard InChI is InChI=1S/C20H21NO4/c1-3-23-18(22)10-9-15-7-4-6-14(2)17(15)13-25-20-19-16(12-24-20)8-5-11-21-19/h4-11,20H,3,12-13H2,1-2H3/b10-9+. The van der Waals surface area contributed by atoms with E-state index in [2.05, 4.69) is 4.98 Å². The molecular formula is C20H21NO4. The SMILES string of the molecule is CCOC(=O)/C=C/c1cccc(C)c1COC1OCc2cccnc21. The first kappa shape index (κ1) is 17.3. The summed E-state index contributed by atoms with van der Waals surface area (Å²) in [5.41, 5.74) is 4.91. The molecule has 1 unspecified atom stereocenters. The summed E-state index contributed by atoms with van der Waals surface area (Å²) in [7, 11) is 0. The minimum absolute atomic E-state index is 0.354. The van der Waals surface area contributed by atoms with Crippen molar-refractivity contribution in [1.29, 1.82) is 0 Å². The fourth-order valence-electron chi connectivity index (χ4n) is 2.74. The van der Waals surface area contributed by atoms with Crippen LogP contribution in [0.15, 0.2) is 42.6 Å². The van der Waals surface area contributed by atoms with Crippen LogP contribution in [0.5, 0.6) is 0 Å². The van der Waals surface area contributed by atoms with E-state index in [1.807, 2.05) is 37.3 Å². The Morgan fingerprint density at radius 1 is 1.36 bits per heavy atom. The van der Waals surface area contributed by atoms with Gasteiger partial charge in [0.15, 0.2) is 0 Å². The molecule has 3 rings (SSSR count). The van der Waals surface area contributed by atoms with Crippen LogP contribution in [0.3, 0.4) is 0 Å². The van der Waals surface area contributed by atoms with E-state index in [4.69, 9.17) is 14.2 Å². The predicted molar refractivity (Wildman–Crippen MR) is 93.4 cm³/mol. The van der Waals surface area contributed by atoms with Gasteiger partial charge in [-0.3, -0.25) is 4.98 Å². The highest BCUT2D eigenvalue weighted by molar-refractivity contribution is 5.87. The van der Waals surface area contributed by atoms with E-state index in [1.165, 1.54) is 6.08 Å². The van der Waals surface area contributed by atoms with Crippen LogP contribution in [-0.2, 0) is 32.2 Å². The van der Waals surface area contributed by atoms with Gasteiger partial charge in [0, 0.05) is 17.8 Å². The zero-order valence-electron chi connectivity index (χ0n) is 14.4. The number of esters is 1. The molecule has 1 aromatic carbocycles. The van der Waals surface area contributed by atoms with E-state index in [9.17, 15) is 4.79 Å². The van der Waals surface area contributed by atoms with Crippen LogP contribution in [0.25, 0.3) is 6.08 Å². The Hall–Kier alpha value is -2.50. The highest BCUT2D eigenvalue weighted by atomic mass is 16.7. The molecule has 0 amide bonds. The Balaban J connectivity index is 1.73. The van der Waals surface area contributed by atoms with Gasteiger partial charge >= 0.3 is 5.97 Å². The lowest BCUT2D eigenvalue weighted by molar-refractivity contribution is -0.147. The number of benzene rings is 1. The first-order valence-electron chi connectivity index (χ1n) is 8.29. The fourth-order valence-corrected chi connectivity index (χ4v) is 2.74. The van der Waals surface area contributed by atoms with Crippen molar-refractivity contribution in [2.45, 2.75) is 33.4 Å². The van der Waals surface area contributed by atoms with Crippen molar-refractivity contribution in [3.05, 3.63) is 70.6 Å². The van der Waals surface area contributed by atoms with E-state index in [-0.39, 0.29) is 5.97 Å². The number of hydrogen-bond acceptors (Lipinski definition) is 5. The number of fused-ring (bicyclic) bond motifs is 1. The van der Waals surface area contributed by atoms with Gasteiger partial charge in [0.2, 0.25) is 6.29 Å². The largest absolute Gasteiger partial charge is 0.463 e. The Kier molecular flexibility index (Phi) is 5.58. The molecule has 25 heavy (non-hydrogen) atoms. The van der Waals surface area contributed by atoms with Crippen LogP contribution in [0, 0.1) is 6.92 Å². The van der Waals surface area contributed by atoms with Gasteiger partial charge in [0.25, 0.3) is 0 Å².